The van der Waals surface area contributed by atoms with Crippen LogP contribution in [0, 0.1) is 0 Å². The summed E-state index contributed by atoms with van der Waals surface area (Å²) >= 11 is 0. The molecule has 132 valence electrons. The van der Waals surface area contributed by atoms with Crippen molar-refractivity contribution in [3.63, 3.8) is 0 Å². The number of guanidine groups is 1. The maximum atomic E-state index is 5.31. The van der Waals surface area contributed by atoms with Crippen LogP contribution in [-0.2, 0) is 11.2 Å². The Morgan fingerprint density at radius 2 is 1.83 bits per heavy atom. The van der Waals surface area contributed by atoms with Crippen LogP contribution < -0.4 is 10.6 Å². The van der Waals surface area contributed by atoms with Crippen LogP contribution in [0.1, 0.15) is 19.4 Å². The molecule has 0 bridgehead atoms. The van der Waals surface area contributed by atoms with Crippen LogP contribution in [0.4, 0.5) is 0 Å². The zero-order chi connectivity index (χ0) is 16.3. The Kier molecular flexibility index (Phi) is 10.4. The topological polar surface area (TPSA) is 45.7 Å². The minimum atomic E-state index is 0. The van der Waals surface area contributed by atoms with Gasteiger partial charge in [-0.2, -0.15) is 0 Å². The first-order chi connectivity index (χ1) is 11.3. The molecule has 0 aliphatic rings. The first kappa shape index (κ1) is 20.7. The van der Waals surface area contributed by atoms with E-state index in [0.29, 0.717) is 13.2 Å². The van der Waals surface area contributed by atoms with E-state index in [1.165, 1.54) is 16.3 Å². The summed E-state index contributed by atoms with van der Waals surface area (Å²) in [5.41, 5.74) is 1.33. The summed E-state index contributed by atoms with van der Waals surface area (Å²) in [6.45, 7) is 7.87. The number of aliphatic imine (C=N–C) groups is 1. The van der Waals surface area contributed by atoms with E-state index in [-0.39, 0.29) is 24.0 Å². The quantitative estimate of drug-likeness (QED) is 0.285. The minimum absolute atomic E-state index is 0. The van der Waals surface area contributed by atoms with Gasteiger partial charge in [0, 0.05) is 19.7 Å². The first-order valence-electron chi connectivity index (χ1n) is 8.41. The van der Waals surface area contributed by atoms with Gasteiger partial charge < -0.3 is 15.4 Å². The highest BCUT2D eigenvalue weighted by Gasteiger charge is 1.99. The molecule has 0 atom stereocenters. The molecular formula is C19H28IN3O. The highest BCUT2D eigenvalue weighted by molar-refractivity contribution is 14.0. The third-order valence-corrected chi connectivity index (χ3v) is 3.57. The van der Waals surface area contributed by atoms with E-state index in [0.717, 1.165) is 32.1 Å². The van der Waals surface area contributed by atoms with Crippen LogP contribution in [0.3, 0.4) is 0 Å². The summed E-state index contributed by atoms with van der Waals surface area (Å²) in [7, 11) is 0. The van der Waals surface area contributed by atoms with Gasteiger partial charge in [0.15, 0.2) is 5.96 Å². The standard InChI is InChI=1S/C19H27N3O.HI/c1-3-20-19(22-13-14-23-4-2)21-12-11-16-9-10-17-7-5-6-8-18(17)15-16;/h5-10,15H,3-4,11-14H2,1-2H3,(H2,20,21,22);1H. The van der Waals surface area contributed by atoms with Crippen LogP contribution in [0.25, 0.3) is 10.8 Å². The molecule has 24 heavy (non-hydrogen) atoms. The van der Waals surface area contributed by atoms with Crippen LogP contribution >= 0.6 is 24.0 Å². The molecular weight excluding hydrogens is 413 g/mol. The van der Waals surface area contributed by atoms with Gasteiger partial charge in [-0.25, -0.2) is 0 Å². The average molecular weight is 441 g/mol. The number of nitrogens with zero attached hydrogens (tertiary/aromatic N) is 1. The summed E-state index contributed by atoms with van der Waals surface area (Å²) in [4.78, 5) is 4.50. The lowest BCUT2D eigenvalue weighted by atomic mass is 10.1. The van der Waals surface area contributed by atoms with Crippen molar-refractivity contribution >= 4 is 40.7 Å². The normalized spacial score (nSPS) is 11.2. The fraction of sp³-hybridized carbons (Fsp3) is 0.421. The Morgan fingerprint density at radius 1 is 1.04 bits per heavy atom. The van der Waals surface area contributed by atoms with Crippen LogP contribution in [-0.4, -0.2) is 38.8 Å². The van der Waals surface area contributed by atoms with Crippen molar-refractivity contribution in [2.75, 3.05) is 32.8 Å². The molecule has 0 saturated carbocycles. The number of halogens is 1. The van der Waals surface area contributed by atoms with Gasteiger partial charge in [-0.05, 0) is 36.6 Å². The molecule has 0 spiro atoms. The highest BCUT2D eigenvalue weighted by Crippen LogP contribution is 2.15. The molecule has 2 aromatic rings. The molecule has 0 heterocycles. The second-order valence-electron chi connectivity index (χ2n) is 5.32. The van der Waals surface area contributed by atoms with E-state index >= 15 is 0 Å². The summed E-state index contributed by atoms with van der Waals surface area (Å²) in [5.74, 6) is 0.855. The third-order valence-electron chi connectivity index (χ3n) is 3.57. The number of hydrogen-bond acceptors (Lipinski definition) is 2. The fourth-order valence-corrected chi connectivity index (χ4v) is 2.43. The third kappa shape index (κ3) is 7.05. The smallest absolute Gasteiger partial charge is 0.191 e. The van der Waals surface area contributed by atoms with Gasteiger partial charge in [-0.15, -0.1) is 24.0 Å². The van der Waals surface area contributed by atoms with Gasteiger partial charge in [0.05, 0.1) is 13.2 Å². The molecule has 0 fully saturated rings. The largest absolute Gasteiger partial charge is 0.380 e. The maximum absolute atomic E-state index is 5.31. The van der Waals surface area contributed by atoms with E-state index < -0.39 is 0 Å². The van der Waals surface area contributed by atoms with Crippen molar-refractivity contribution in [1.29, 1.82) is 0 Å². The SMILES string of the molecule is CCNC(=NCCOCC)NCCc1ccc2ccccc2c1.I. The van der Waals surface area contributed by atoms with Crippen LogP contribution in [0.2, 0.25) is 0 Å². The number of hydrogen-bond donors (Lipinski definition) is 2. The van der Waals surface area contributed by atoms with Crippen molar-refractivity contribution in [3.05, 3.63) is 48.0 Å². The summed E-state index contributed by atoms with van der Waals surface area (Å²) in [6.07, 6.45) is 0.973. The van der Waals surface area contributed by atoms with E-state index in [2.05, 4.69) is 65.0 Å². The minimum Gasteiger partial charge on any atom is -0.380 e. The number of nitrogens with one attached hydrogen (secondary N) is 2. The maximum Gasteiger partial charge on any atom is 0.191 e. The van der Waals surface area contributed by atoms with Crippen LogP contribution in [0.15, 0.2) is 47.5 Å². The van der Waals surface area contributed by atoms with Gasteiger partial charge in [0.1, 0.15) is 0 Å². The van der Waals surface area contributed by atoms with Crippen molar-refractivity contribution in [2.45, 2.75) is 20.3 Å². The Morgan fingerprint density at radius 3 is 2.58 bits per heavy atom. The lowest BCUT2D eigenvalue weighted by molar-refractivity contribution is 0.155. The molecule has 2 N–H and O–H groups in total. The molecule has 0 aliphatic heterocycles. The van der Waals surface area contributed by atoms with Crippen LogP contribution in [0.5, 0.6) is 0 Å². The molecule has 2 rings (SSSR count). The average Bonchev–Trinajstić information content (AvgIpc) is 2.58. The Labute approximate surface area is 162 Å². The molecule has 0 aliphatic carbocycles. The van der Waals surface area contributed by atoms with Gasteiger partial charge >= 0.3 is 0 Å². The molecule has 4 nitrogen and oxygen atoms in total. The van der Waals surface area contributed by atoms with E-state index in [1.807, 2.05) is 6.92 Å². The number of ether oxygens (including phenoxy) is 1. The molecule has 2 aromatic carbocycles. The lowest BCUT2D eigenvalue weighted by Gasteiger charge is -2.11. The van der Waals surface area contributed by atoms with Gasteiger partial charge in [-0.3, -0.25) is 4.99 Å². The summed E-state index contributed by atoms with van der Waals surface area (Å²) in [6, 6.07) is 15.1. The zero-order valence-electron chi connectivity index (χ0n) is 14.5. The zero-order valence-corrected chi connectivity index (χ0v) is 16.9. The highest BCUT2D eigenvalue weighted by atomic mass is 127. The molecule has 0 unspecified atom stereocenters. The fourth-order valence-electron chi connectivity index (χ4n) is 2.43. The first-order valence-corrected chi connectivity index (χ1v) is 8.41. The van der Waals surface area contributed by atoms with E-state index in [4.69, 9.17) is 4.74 Å². The van der Waals surface area contributed by atoms with E-state index in [9.17, 15) is 0 Å². The number of rotatable bonds is 8. The Balaban J connectivity index is 0.00000288. The second kappa shape index (κ2) is 12.1. The number of benzene rings is 2. The Bertz CT molecular complexity index is 631. The van der Waals surface area contributed by atoms with Gasteiger partial charge in [0.25, 0.3) is 0 Å². The van der Waals surface area contributed by atoms with Crippen molar-refractivity contribution in [2.24, 2.45) is 4.99 Å². The summed E-state index contributed by atoms with van der Waals surface area (Å²) < 4.78 is 5.31. The molecule has 5 heteroatoms. The van der Waals surface area contributed by atoms with Gasteiger partial charge in [-0.1, -0.05) is 42.5 Å². The molecule has 0 radical (unpaired) electrons. The van der Waals surface area contributed by atoms with Gasteiger partial charge in [0.2, 0.25) is 0 Å². The molecule has 0 aromatic heterocycles. The predicted molar refractivity (Wildman–Crippen MR) is 114 cm³/mol. The summed E-state index contributed by atoms with van der Waals surface area (Å²) in [5, 5.41) is 9.22. The van der Waals surface area contributed by atoms with Crippen molar-refractivity contribution in [1.82, 2.24) is 10.6 Å². The second-order valence-corrected chi connectivity index (χ2v) is 5.32. The Hall–Kier alpha value is -1.34. The molecule has 0 saturated heterocycles. The number of fused-ring (bicyclic) bond motifs is 1. The predicted octanol–water partition coefficient (Wildman–Crippen LogP) is 3.59. The monoisotopic (exact) mass is 441 g/mol. The molecule has 0 amide bonds. The van der Waals surface area contributed by atoms with Crippen molar-refractivity contribution < 1.29 is 4.74 Å². The lowest BCUT2D eigenvalue weighted by Crippen LogP contribution is -2.38. The van der Waals surface area contributed by atoms with Crippen molar-refractivity contribution in [3.8, 4) is 0 Å². The van der Waals surface area contributed by atoms with E-state index in [1.54, 1.807) is 0 Å².